The molecule has 0 radical (unpaired) electrons. The second-order valence-electron chi connectivity index (χ2n) is 4.87. The van der Waals surface area contributed by atoms with Gasteiger partial charge in [0.05, 0.1) is 0 Å². The van der Waals surface area contributed by atoms with Crippen LogP contribution in [0.2, 0.25) is 5.02 Å². The maximum atomic E-state index is 12.3. The van der Waals surface area contributed by atoms with Crippen molar-refractivity contribution in [3.8, 4) is 0 Å². The molecule has 1 nitrogen and oxygen atoms in total. The number of ketones is 1. The number of carbonyl (C=O) groups is 1. The van der Waals surface area contributed by atoms with Gasteiger partial charge in [0.2, 0.25) is 0 Å². The summed E-state index contributed by atoms with van der Waals surface area (Å²) in [6.07, 6.45) is 0.941. The van der Waals surface area contributed by atoms with E-state index in [-0.39, 0.29) is 11.7 Å². The highest BCUT2D eigenvalue weighted by Crippen LogP contribution is 2.49. The molecule has 0 saturated heterocycles. The zero-order chi connectivity index (χ0) is 13.4. The number of halogens is 2. The predicted molar refractivity (Wildman–Crippen MR) is 80.8 cm³/mol. The van der Waals surface area contributed by atoms with Crippen molar-refractivity contribution in [1.82, 2.24) is 0 Å². The SMILES string of the molecule is O=C(c1ccc(Br)cc1)[C@H]1C[C@H]1c1ccc(Cl)cc1. The summed E-state index contributed by atoms with van der Waals surface area (Å²) in [5.41, 5.74) is 2.00. The maximum Gasteiger partial charge on any atom is 0.166 e. The first-order valence-corrected chi connectivity index (χ1v) is 7.37. The Morgan fingerprint density at radius 3 is 2.32 bits per heavy atom. The quantitative estimate of drug-likeness (QED) is 0.714. The topological polar surface area (TPSA) is 17.1 Å². The molecule has 1 aliphatic carbocycles. The Hall–Kier alpha value is -1.12. The van der Waals surface area contributed by atoms with Crippen molar-refractivity contribution >= 4 is 33.3 Å². The number of hydrogen-bond donors (Lipinski definition) is 0. The number of hydrogen-bond acceptors (Lipinski definition) is 1. The highest BCUT2D eigenvalue weighted by Gasteiger charge is 2.43. The van der Waals surface area contributed by atoms with E-state index in [0.717, 1.165) is 21.5 Å². The van der Waals surface area contributed by atoms with Gasteiger partial charge in [-0.2, -0.15) is 0 Å². The zero-order valence-electron chi connectivity index (χ0n) is 10.1. The lowest BCUT2D eigenvalue weighted by atomic mass is 10.0. The van der Waals surface area contributed by atoms with Crippen molar-refractivity contribution in [3.05, 3.63) is 69.2 Å². The molecule has 19 heavy (non-hydrogen) atoms. The molecule has 1 saturated carbocycles. The van der Waals surface area contributed by atoms with E-state index in [4.69, 9.17) is 11.6 Å². The van der Waals surface area contributed by atoms with Crippen molar-refractivity contribution in [2.75, 3.05) is 0 Å². The van der Waals surface area contributed by atoms with Crippen LogP contribution in [0.15, 0.2) is 53.0 Å². The summed E-state index contributed by atoms with van der Waals surface area (Å²) < 4.78 is 0.995. The van der Waals surface area contributed by atoms with Crippen molar-refractivity contribution in [2.45, 2.75) is 12.3 Å². The molecule has 2 aromatic carbocycles. The molecule has 0 amide bonds. The van der Waals surface area contributed by atoms with E-state index in [1.165, 1.54) is 5.56 Å². The molecule has 0 unspecified atom stereocenters. The lowest BCUT2D eigenvalue weighted by molar-refractivity contribution is 0.0965. The Labute approximate surface area is 125 Å². The fourth-order valence-electron chi connectivity index (χ4n) is 2.39. The molecule has 96 valence electrons. The van der Waals surface area contributed by atoms with Gasteiger partial charge in [0, 0.05) is 21.0 Å². The Kier molecular flexibility index (Phi) is 3.46. The average molecular weight is 336 g/mol. The van der Waals surface area contributed by atoms with E-state index >= 15 is 0 Å². The van der Waals surface area contributed by atoms with E-state index < -0.39 is 0 Å². The second-order valence-corrected chi connectivity index (χ2v) is 6.22. The standard InChI is InChI=1S/C16H12BrClO/c17-12-5-1-11(2-6-12)16(19)15-9-14(15)10-3-7-13(18)8-4-10/h1-8,14-15H,9H2/t14-,15-/m0/s1. The largest absolute Gasteiger partial charge is 0.294 e. The van der Waals surface area contributed by atoms with Gasteiger partial charge in [0.1, 0.15) is 0 Å². The minimum Gasteiger partial charge on any atom is -0.294 e. The van der Waals surface area contributed by atoms with Crippen LogP contribution < -0.4 is 0 Å². The minimum atomic E-state index is 0.127. The summed E-state index contributed by atoms with van der Waals surface area (Å²) in [6, 6.07) is 15.4. The molecular weight excluding hydrogens is 324 g/mol. The van der Waals surface area contributed by atoms with Crippen LogP contribution in [0.4, 0.5) is 0 Å². The van der Waals surface area contributed by atoms with Gasteiger partial charge in [-0.3, -0.25) is 4.79 Å². The first-order valence-electron chi connectivity index (χ1n) is 6.20. The Morgan fingerprint density at radius 1 is 1.05 bits per heavy atom. The molecular formula is C16H12BrClO. The Balaban J connectivity index is 1.74. The Morgan fingerprint density at radius 2 is 1.68 bits per heavy atom. The van der Waals surface area contributed by atoms with Crippen molar-refractivity contribution in [3.63, 3.8) is 0 Å². The summed E-state index contributed by atoms with van der Waals surface area (Å²) in [4.78, 5) is 12.3. The van der Waals surface area contributed by atoms with E-state index in [1.807, 2.05) is 48.5 Å². The molecule has 0 heterocycles. The lowest BCUT2D eigenvalue weighted by Gasteiger charge is -2.02. The van der Waals surface area contributed by atoms with Gasteiger partial charge >= 0.3 is 0 Å². The number of carbonyl (C=O) groups excluding carboxylic acids is 1. The first-order chi connectivity index (χ1) is 9.15. The van der Waals surface area contributed by atoms with E-state index in [2.05, 4.69) is 15.9 Å². The van der Waals surface area contributed by atoms with E-state index in [1.54, 1.807) is 0 Å². The molecule has 0 bridgehead atoms. The summed E-state index contributed by atoms with van der Waals surface area (Å²) in [5, 5.41) is 0.736. The third kappa shape index (κ3) is 2.75. The molecule has 3 heteroatoms. The summed E-state index contributed by atoms with van der Waals surface area (Å²) in [6.45, 7) is 0. The number of benzene rings is 2. The third-order valence-electron chi connectivity index (χ3n) is 3.55. The molecule has 0 N–H and O–H groups in total. The molecule has 1 fully saturated rings. The molecule has 2 atom stereocenters. The smallest absolute Gasteiger partial charge is 0.166 e. The zero-order valence-corrected chi connectivity index (χ0v) is 12.5. The summed E-state index contributed by atoms with van der Waals surface area (Å²) in [7, 11) is 0. The molecule has 2 aromatic rings. The Bertz CT molecular complexity index is 604. The summed E-state index contributed by atoms with van der Waals surface area (Å²) in [5.74, 6) is 0.725. The van der Waals surface area contributed by atoms with Crippen molar-refractivity contribution in [2.24, 2.45) is 5.92 Å². The predicted octanol–water partition coefficient (Wildman–Crippen LogP) is 5.09. The van der Waals surface area contributed by atoms with Gasteiger partial charge in [0.25, 0.3) is 0 Å². The van der Waals surface area contributed by atoms with Gasteiger partial charge in [-0.25, -0.2) is 0 Å². The van der Waals surface area contributed by atoms with Crippen LogP contribution in [0, 0.1) is 5.92 Å². The second kappa shape index (κ2) is 5.10. The highest BCUT2D eigenvalue weighted by atomic mass is 79.9. The normalized spacial score (nSPS) is 21.2. The molecule has 0 spiro atoms. The van der Waals surface area contributed by atoms with Gasteiger partial charge in [-0.1, -0.05) is 51.8 Å². The van der Waals surface area contributed by atoms with Gasteiger partial charge < -0.3 is 0 Å². The van der Waals surface area contributed by atoms with Gasteiger partial charge in [-0.15, -0.1) is 0 Å². The molecule has 3 rings (SSSR count). The van der Waals surface area contributed by atoms with Gasteiger partial charge in [0.15, 0.2) is 5.78 Å². The highest BCUT2D eigenvalue weighted by molar-refractivity contribution is 9.10. The average Bonchev–Trinajstić information content (AvgIpc) is 3.20. The number of Topliss-reactive ketones (excluding diaryl/α,β-unsaturated/α-hetero) is 1. The van der Waals surface area contributed by atoms with Crippen LogP contribution in [-0.2, 0) is 0 Å². The fourth-order valence-corrected chi connectivity index (χ4v) is 2.78. The van der Waals surface area contributed by atoms with E-state index in [0.29, 0.717) is 5.92 Å². The van der Waals surface area contributed by atoms with Crippen LogP contribution >= 0.6 is 27.5 Å². The summed E-state index contributed by atoms with van der Waals surface area (Å²) >= 11 is 9.25. The van der Waals surface area contributed by atoms with Gasteiger partial charge in [-0.05, 0) is 42.2 Å². The third-order valence-corrected chi connectivity index (χ3v) is 4.33. The van der Waals surface area contributed by atoms with Crippen LogP contribution in [0.5, 0.6) is 0 Å². The maximum absolute atomic E-state index is 12.3. The van der Waals surface area contributed by atoms with Crippen LogP contribution in [0.3, 0.4) is 0 Å². The molecule has 0 aromatic heterocycles. The van der Waals surface area contributed by atoms with Crippen molar-refractivity contribution in [1.29, 1.82) is 0 Å². The fraction of sp³-hybridized carbons (Fsp3) is 0.188. The van der Waals surface area contributed by atoms with Crippen LogP contribution in [0.25, 0.3) is 0 Å². The van der Waals surface area contributed by atoms with Crippen LogP contribution in [-0.4, -0.2) is 5.78 Å². The van der Waals surface area contributed by atoms with Crippen LogP contribution in [0.1, 0.15) is 28.3 Å². The minimum absolute atomic E-state index is 0.127. The first kappa shape index (κ1) is 12.9. The monoisotopic (exact) mass is 334 g/mol. The lowest BCUT2D eigenvalue weighted by Crippen LogP contribution is -2.02. The number of rotatable bonds is 3. The van der Waals surface area contributed by atoms with Crippen molar-refractivity contribution < 1.29 is 4.79 Å². The van der Waals surface area contributed by atoms with E-state index in [9.17, 15) is 4.79 Å². The molecule has 0 aliphatic heterocycles. The molecule has 1 aliphatic rings.